The molecule has 0 spiro atoms. The highest BCUT2D eigenvalue weighted by molar-refractivity contribution is 7.86. The van der Waals surface area contributed by atoms with Crippen LogP contribution in [0.3, 0.4) is 0 Å². The summed E-state index contributed by atoms with van der Waals surface area (Å²) in [5.41, 5.74) is -2.23. The zero-order chi connectivity index (χ0) is 34.7. The number of rotatable bonds is 12. The summed E-state index contributed by atoms with van der Waals surface area (Å²) in [6.45, 7) is 7.30. The Hall–Kier alpha value is -3.73. The van der Waals surface area contributed by atoms with E-state index >= 15 is 0 Å². The van der Waals surface area contributed by atoms with E-state index in [4.69, 9.17) is 28.8 Å². The van der Waals surface area contributed by atoms with Crippen LogP contribution in [0.4, 0.5) is 0 Å². The summed E-state index contributed by atoms with van der Waals surface area (Å²) in [6.07, 6.45) is -2.30. The van der Waals surface area contributed by atoms with Crippen molar-refractivity contribution in [2.45, 2.75) is 61.7 Å². The first-order chi connectivity index (χ1) is 22.8. The minimum absolute atomic E-state index is 0.0526. The summed E-state index contributed by atoms with van der Waals surface area (Å²) in [5.74, 6) is 5.81. The first kappa shape index (κ1) is 35.6. The Morgan fingerprint density at radius 1 is 0.917 bits per heavy atom. The third-order valence-corrected chi connectivity index (χ3v) is 15.0. The predicted octanol–water partition coefficient (Wildman–Crippen LogP) is 2.37. The Labute approximate surface area is 280 Å². The summed E-state index contributed by atoms with van der Waals surface area (Å²) in [6, 6.07) is 27.1. The second kappa shape index (κ2) is 14.0. The molecule has 0 aliphatic carbocycles. The van der Waals surface area contributed by atoms with E-state index in [0.717, 1.165) is 26.6 Å². The topological polar surface area (TPSA) is 161 Å². The van der Waals surface area contributed by atoms with Gasteiger partial charge in [-0.15, -0.1) is 0 Å². The summed E-state index contributed by atoms with van der Waals surface area (Å²) >= 11 is 0. The van der Waals surface area contributed by atoms with Crippen molar-refractivity contribution in [3.05, 3.63) is 124 Å². The van der Waals surface area contributed by atoms with E-state index in [9.17, 15) is 18.0 Å². The molecular weight excluding hydrogens is 655 g/mol. The quantitative estimate of drug-likeness (QED) is 0.128. The van der Waals surface area contributed by atoms with E-state index in [0.29, 0.717) is 0 Å². The molecule has 1 aliphatic rings. The number of H-pyrrole nitrogens is 1. The molecule has 3 N–H and O–H groups in total. The van der Waals surface area contributed by atoms with Gasteiger partial charge in [-0.05, 0) is 34.5 Å². The highest BCUT2D eigenvalue weighted by Gasteiger charge is 2.61. The maximum Gasteiger partial charge on any atom is 0.330 e. The van der Waals surface area contributed by atoms with E-state index in [1.807, 2.05) is 67.6 Å². The summed E-state index contributed by atoms with van der Waals surface area (Å²) in [4.78, 5) is 32.4. The van der Waals surface area contributed by atoms with E-state index < -0.39 is 65.4 Å². The van der Waals surface area contributed by atoms with Crippen molar-refractivity contribution in [2.75, 3.05) is 20.3 Å². The van der Waals surface area contributed by atoms with Crippen LogP contribution in [0.15, 0.2) is 112 Å². The zero-order valence-corrected chi connectivity index (χ0v) is 29.3. The molecule has 4 atom stereocenters. The molecule has 2 heterocycles. The standard InChI is InChI=1S/C34H41N3O9SSi/c1-24-16-18-25(19-17-24)47(40,41)43-22-34(30(42-5)29(46-35)31(45-34)37-21-20-28(38)36-32(37)39)23-44-48(33(2,3)4,26-12-8-6-9-13-26)27-14-10-7-11-15-27/h6-21,29-31H,22-23,35H2,1-5H3,(H,36,38,39)/t29-,30+,31-,34-/m1/s1. The SMILES string of the molecule is CO[C@H]1[C@@H](ON)[C@H](n2ccc(=O)[nH]c2=O)O[C@@]1(CO[Si](c1ccccc1)(c1ccccc1)C(C)(C)C)COS(=O)(=O)c1ccc(C)cc1. The van der Waals surface area contributed by atoms with Gasteiger partial charge >= 0.3 is 5.69 Å². The molecule has 5 rings (SSSR count). The normalized spacial score (nSPS) is 21.8. The maximum atomic E-state index is 13.5. The number of nitrogens with one attached hydrogen (secondary N) is 1. The molecule has 0 saturated carbocycles. The van der Waals surface area contributed by atoms with Gasteiger partial charge in [0.05, 0.1) is 11.5 Å². The number of nitrogens with two attached hydrogens (primary N) is 1. The number of nitrogens with zero attached hydrogens (tertiary/aromatic N) is 1. The molecule has 256 valence electrons. The number of ether oxygens (including phenoxy) is 2. The van der Waals surface area contributed by atoms with Crippen molar-refractivity contribution in [1.82, 2.24) is 9.55 Å². The van der Waals surface area contributed by atoms with Crippen molar-refractivity contribution in [2.24, 2.45) is 5.90 Å². The van der Waals surface area contributed by atoms with Crippen LogP contribution in [0.25, 0.3) is 0 Å². The van der Waals surface area contributed by atoms with Crippen LogP contribution in [0, 0.1) is 6.92 Å². The van der Waals surface area contributed by atoms with E-state index in [1.54, 1.807) is 12.1 Å². The van der Waals surface area contributed by atoms with Crippen LogP contribution in [0.1, 0.15) is 32.6 Å². The average molecular weight is 696 g/mol. The lowest BCUT2D eigenvalue weighted by Gasteiger charge is -2.45. The predicted molar refractivity (Wildman–Crippen MR) is 182 cm³/mol. The minimum atomic E-state index is -4.31. The van der Waals surface area contributed by atoms with Gasteiger partial charge in [0.25, 0.3) is 24.0 Å². The van der Waals surface area contributed by atoms with Gasteiger partial charge < -0.3 is 13.9 Å². The summed E-state index contributed by atoms with van der Waals surface area (Å²) in [7, 11) is -6.15. The Kier molecular flexibility index (Phi) is 10.4. The number of aromatic nitrogens is 2. The molecule has 0 unspecified atom stereocenters. The first-order valence-corrected chi connectivity index (χ1v) is 18.7. The van der Waals surface area contributed by atoms with Gasteiger partial charge in [0.2, 0.25) is 0 Å². The van der Waals surface area contributed by atoms with E-state index in [1.165, 1.54) is 25.4 Å². The molecule has 0 amide bonds. The fourth-order valence-electron chi connectivity index (χ4n) is 6.37. The maximum absolute atomic E-state index is 13.5. The highest BCUT2D eigenvalue weighted by Crippen LogP contribution is 2.43. The number of benzene rings is 3. The molecule has 1 fully saturated rings. The smallest absolute Gasteiger partial charge is 0.330 e. The fraction of sp³-hybridized carbons (Fsp3) is 0.353. The number of aryl methyl sites for hydroxylation is 1. The number of hydrogen-bond acceptors (Lipinski definition) is 10. The molecular formula is C34H41N3O9SSi. The van der Waals surface area contributed by atoms with Crippen molar-refractivity contribution in [3.8, 4) is 0 Å². The van der Waals surface area contributed by atoms with Gasteiger partial charge in [-0.2, -0.15) is 8.42 Å². The van der Waals surface area contributed by atoms with E-state index in [2.05, 4.69) is 25.8 Å². The molecule has 48 heavy (non-hydrogen) atoms. The zero-order valence-electron chi connectivity index (χ0n) is 27.5. The largest absolute Gasteiger partial charge is 0.404 e. The molecule has 12 nitrogen and oxygen atoms in total. The molecule has 1 aliphatic heterocycles. The third-order valence-electron chi connectivity index (χ3n) is 8.71. The van der Waals surface area contributed by atoms with Crippen LogP contribution in [-0.2, 0) is 33.0 Å². The van der Waals surface area contributed by atoms with Gasteiger partial charge in [0.1, 0.15) is 18.3 Å². The summed E-state index contributed by atoms with van der Waals surface area (Å²) in [5, 5.41) is 1.49. The lowest BCUT2D eigenvalue weighted by atomic mass is 9.97. The van der Waals surface area contributed by atoms with Crippen molar-refractivity contribution in [1.29, 1.82) is 0 Å². The molecule has 1 aromatic heterocycles. The molecule has 0 bridgehead atoms. The Morgan fingerprint density at radius 2 is 1.50 bits per heavy atom. The number of aromatic amines is 1. The van der Waals surface area contributed by atoms with Crippen LogP contribution < -0.4 is 27.5 Å². The van der Waals surface area contributed by atoms with Gasteiger partial charge in [-0.3, -0.25) is 23.4 Å². The number of hydrogen-bond donors (Lipinski definition) is 2. The van der Waals surface area contributed by atoms with Crippen LogP contribution in [0.2, 0.25) is 5.04 Å². The van der Waals surface area contributed by atoms with Gasteiger partial charge in [0, 0.05) is 19.4 Å². The monoisotopic (exact) mass is 695 g/mol. The molecule has 1 saturated heterocycles. The van der Waals surface area contributed by atoms with Crippen molar-refractivity contribution in [3.63, 3.8) is 0 Å². The van der Waals surface area contributed by atoms with Gasteiger partial charge in [0.15, 0.2) is 12.3 Å². The van der Waals surface area contributed by atoms with Crippen molar-refractivity contribution < 1.29 is 31.3 Å². The van der Waals surface area contributed by atoms with E-state index in [-0.39, 0.29) is 11.5 Å². The third kappa shape index (κ3) is 6.75. The van der Waals surface area contributed by atoms with Crippen LogP contribution in [0.5, 0.6) is 0 Å². The molecule has 14 heteroatoms. The van der Waals surface area contributed by atoms with Gasteiger partial charge in [-0.1, -0.05) is 99.1 Å². The summed E-state index contributed by atoms with van der Waals surface area (Å²) < 4.78 is 53.7. The molecule has 0 radical (unpaired) electrons. The Morgan fingerprint density at radius 3 is 2.00 bits per heavy atom. The van der Waals surface area contributed by atoms with Crippen molar-refractivity contribution >= 4 is 28.8 Å². The Bertz CT molecular complexity index is 1870. The average Bonchev–Trinajstić information content (AvgIpc) is 3.38. The fourth-order valence-corrected chi connectivity index (χ4v) is 11.9. The lowest BCUT2D eigenvalue weighted by molar-refractivity contribution is -0.148. The van der Waals surface area contributed by atoms with Gasteiger partial charge in [-0.25, -0.2) is 10.7 Å². The highest BCUT2D eigenvalue weighted by atomic mass is 32.2. The number of methoxy groups -OCH3 is 1. The Balaban J connectivity index is 1.65. The first-order valence-electron chi connectivity index (χ1n) is 15.4. The lowest BCUT2D eigenvalue weighted by Crippen LogP contribution is -2.68. The second-order valence-electron chi connectivity index (χ2n) is 12.8. The van der Waals surface area contributed by atoms with Crippen LogP contribution in [-0.4, -0.2) is 64.4 Å². The molecule has 4 aromatic rings. The van der Waals surface area contributed by atoms with Crippen LogP contribution >= 0.6 is 0 Å². The molecule has 3 aromatic carbocycles. The second-order valence-corrected chi connectivity index (χ2v) is 18.7. The minimum Gasteiger partial charge on any atom is -0.404 e.